The van der Waals surface area contributed by atoms with E-state index in [9.17, 15) is 4.79 Å². The van der Waals surface area contributed by atoms with Crippen LogP contribution in [0.15, 0.2) is 0 Å². The van der Waals surface area contributed by atoms with Crippen LogP contribution in [0.3, 0.4) is 0 Å². The van der Waals surface area contributed by atoms with E-state index >= 15 is 0 Å². The van der Waals surface area contributed by atoms with Crippen molar-refractivity contribution < 1.29 is 14.6 Å². The standard InChI is InChI=1S/C5H7IO3/c6-2-4-3(7)1-5(8)9-4/h3-4,7H,1-2H2/t3-,4-/m1/s1. The first-order chi connectivity index (χ1) is 4.24. The van der Waals surface area contributed by atoms with E-state index in [0.717, 1.165) is 0 Å². The molecule has 0 spiro atoms. The summed E-state index contributed by atoms with van der Waals surface area (Å²) in [6.45, 7) is 0. The van der Waals surface area contributed by atoms with Gasteiger partial charge in [-0.15, -0.1) is 0 Å². The first-order valence-corrected chi connectivity index (χ1v) is 4.20. The van der Waals surface area contributed by atoms with Gasteiger partial charge in [-0.25, -0.2) is 0 Å². The van der Waals surface area contributed by atoms with E-state index < -0.39 is 6.10 Å². The van der Waals surface area contributed by atoms with Gasteiger partial charge in [0.05, 0.1) is 6.42 Å². The van der Waals surface area contributed by atoms with Gasteiger partial charge >= 0.3 is 5.97 Å². The van der Waals surface area contributed by atoms with Gasteiger partial charge in [0.15, 0.2) is 0 Å². The Balaban J connectivity index is 2.47. The van der Waals surface area contributed by atoms with E-state index in [0.29, 0.717) is 4.43 Å². The van der Waals surface area contributed by atoms with Gasteiger partial charge in [-0.05, 0) is 0 Å². The number of hydrogen-bond acceptors (Lipinski definition) is 3. The summed E-state index contributed by atoms with van der Waals surface area (Å²) in [6, 6.07) is 0. The Morgan fingerprint density at radius 2 is 2.56 bits per heavy atom. The molecule has 52 valence electrons. The summed E-state index contributed by atoms with van der Waals surface area (Å²) in [4.78, 5) is 10.4. The number of carbonyl (C=O) groups is 1. The number of cyclic esters (lactones) is 1. The van der Waals surface area contributed by atoms with Crippen LogP contribution in [-0.4, -0.2) is 27.7 Å². The number of aliphatic hydroxyl groups is 1. The number of carbonyl (C=O) groups excluding carboxylic acids is 1. The van der Waals surface area contributed by atoms with Gasteiger partial charge in [0.2, 0.25) is 0 Å². The van der Waals surface area contributed by atoms with Crippen LogP contribution in [0, 0.1) is 0 Å². The van der Waals surface area contributed by atoms with Crippen LogP contribution in [-0.2, 0) is 9.53 Å². The zero-order valence-electron chi connectivity index (χ0n) is 4.71. The molecular formula is C5H7IO3. The largest absolute Gasteiger partial charge is 0.459 e. The highest BCUT2D eigenvalue weighted by atomic mass is 127. The van der Waals surface area contributed by atoms with Crippen LogP contribution in [0.2, 0.25) is 0 Å². The monoisotopic (exact) mass is 242 g/mol. The zero-order chi connectivity index (χ0) is 6.85. The molecule has 1 fully saturated rings. The van der Waals surface area contributed by atoms with Gasteiger partial charge in [-0.3, -0.25) is 4.79 Å². The van der Waals surface area contributed by atoms with Crippen molar-refractivity contribution in [1.29, 1.82) is 0 Å². The lowest BCUT2D eigenvalue weighted by Gasteiger charge is -2.06. The second-order valence-corrected chi connectivity index (χ2v) is 2.83. The third-order valence-electron chi connectivity index (χ3n) is 1.24. The molecule has 0 saturated carbocycles. The van der Waals surface area contributed by atoms with Crippen LogP contribution >= 0.6 is 22.6 Å². The minimum absolute atomic E-state index is 0.160. The predicted molar refractivity (Wildman–Crippen MR) is 39.4 cm³/mol. The molecular weight excluding hydrogens is 235 g/mol. The van der Waals surface area contributed by atoms with Crippen molar-refractivity contribution in [1.82, 2.24) is 0 Å². The minimum atomic E-state index is -0.575. The number of aliphatic hydroxyl groups excluding tert-OH is 1. The second-order valence-electron chi connectivity index (χ2n) is 1.95. The number of ether oxygens (including phenoxy) is 1. The van der Waals surface area contributed by atoms with Crippen molar-refractivity contribution >= 4 is 28.6 Å². The van der Waals surface area contributed by atoms with Crippen LogP contribution in [0.5, 0.6) is 0 Å². The lowest BCUT2D eigenvalue weighted by atomic mass is 10.2. The molecule has 0 unspecified atom stereocenters. The van der Waals surface area contributed by atoms with Gasteiger partial charge in [0.25, 0.3) is 0 Å². The van der Waals surface area contributed by atoms with Gasteiger partial charge in [-0.1, -0.05) is 22.6 Å². The zero-order valence-corrected chi connectivity index (χ0v) is 6.87. The van der Waals surface area contributed by atoms with Gasteiger partial charge in [-0.2, -0.15) is 0 Å². The van der Waals surface area contributed by atoms with Gasteiger partial charge in [0, 0.05) is 4.43 Å². The summed E-state index contributed by atoms with van der Waals surface area (Å²) >= 11 is 2.08. The van der Waals surface area contributed by atoms with Crippen molar-refractivity contribution in [2.45, 2.75) is 18.6 Å². The lowest BCUT2D eigenvalue weighted by Crippen LogP contribution is -2.21. The molecule has 9 heavy (non-hydrogen) atoms. The Bertz CT molecular complexity index is 125. The molecule has 1 aliphatic heterocycles. The molecule has 1 aliphatic rings. The number of esters is 1. The molecule has 0 radical (unpaired) electrons. The average molecular weight is 242 g/mol. The van der Waals surface area contributed by atoms with Crippen LogP contribution < -0.4 is 0 Å². The van der Waals surface area contributed by atoms with Crippen molar-refractivity contribution in [2.75, 3.05) is 4.43 Å². The van der Waals surface area contributed by atoms with E-state index in [1.54, 1.807) is 0 Å². The maximum atomic E-state index is 10.4. The van der Waals surface area contributed by atoms with Crippen LogP contribution in [0.4, 0.5) is 0 Å². The number of alkyl halides is 1. The van der Waals surface area contributed by atoms with Crippen LogP contribution in [0.25, 0.3) is 0 Å². The fourth-order valence-corrected chi connectivity index (χ4v) is 1.50. The Kier molecular flexibility index (Phi) is 2.29. The Morgan fingerprint density at radius 3 is 2.78 bits per heavy atom. The highest BCUT2D eigenvalue weighted by Crippen LogP contribution is 2.16. The van der Waals surface area contributed by atoms with Crippen molar-refractivity contribution in [2.24, 2.45) is 0 Å². The highest BCUT2D eigenvalue weighted by Gasteiger charge is 2.31. The molecule has 1 heterocycles. The number of halogens is 1. The molecule has 0 aliphatic carbocycles. The summed E-state index contributed by atoms with van der Waals surface area (Å²) in [5.74, 6) is -0.288. The Hall–Kier alpha value is 0.160. The van der Waals surface area contributed by atoms with E-state index in [-0.39, 0.29) is 18.5 Å². The molecule has 1 N–H and O–H groups in total. The summed E-state index contributed by atoms with van der Waals surface area (Å²) < 4.78 is 5.40. The molecule has 4 heteroatoms. The first-order valence-electron chi connectivity index (χ1n) is 2.67. The molecule has 0 amide bonds. The summed E-state index contributed by atoms with van der Waals surface area (Å²) in [6.07, 6.45) is -0.680. The average Bonchev–Trinajstić information content (AvgIpc) is 2.10. The highest BCUT2D eigenvalue weighted by molar-refractivity contribution is 14.1. The first kappa shape index (κ1) is 7.27. The Labute approximate surface area is 66.5 Å². The third-order valence-corrected chi connectivity index (χ3v) is 2.11. The fourth-order valence-electron chi connectivity index (χ4n) is 0.732. The molecule has 0 aromatic rings. The maximum absolute atomic E-state index is 10.4. The maximum Gasteiger partial charge on any atom is 0.308 e. The van der Waals surface area contributed by atoms with Crippen LogP contribution in [0.1, 0.15) is 6.42 Å². The normalized spacial score (nSPS) is 34.7. The van der Waals surface area contributed by atoms with Gasteiger partial charge < -0.3 is 9.84 Å². The van der Waals surface area contributed by atoms with Crippen molar-refractivity contribution in [3.8, 4) is 0 Å². The summed E-state index contributed by atoms with van der Waals surface area (Å²) in [5, 5.41) is 9.01. The number of hydrogen-bond donors (Lipinski definition) is 1. The molecule has 0 bridgehead atoms. The van der Waals surface area contributed by atoms with Gasteiger partial charge in [0.1, 0.15) is 12.2 Å². The third kappa shape index (κ3) is 1.54. The molecule has 2 atom stereocenters. The SMILES string of the molecule is O=C1C[C@@H](O)[C@@H](CI)O1. The topological polar surface area (TPSA) is 46.5 Å². The van der Waals surface area contributed by atoms with E-state index in [1.165, 1.54) is 0 Å². The number of rotatable bonds is 1. The Morgan fingerprint density at radius 1 is 1.89 bits per heavy atom. The minimum Gasteiger partial charge on any atom is -0.459 e. The molecule has 3 nitrogen and oxygen atoms in total. The quantitative estimate of drug-likeness (QED) is 0.403. The molecule has 0 aromatic carbocycles. The van der Waals surface area contributed by atoms with Crippen molar-refractivity contribution in [3.05, 3.63) is 0 Å². The summed E-state index contributed by atoms with van der Waals surface area (Å²) in [5.41, 5.74) is 0. The summed E-state index contributed by atoms with van der Waals surface area (Å²) in [7, 11) is 0. The lowest BCUT2D eigenvalue weighted by molar-refractivity contribution is -0.140. The predicted octanol–water partition coefficient (Wildman–Crippen LogP) is 0.0978. The van der Waals surface area contributed by atoms with Crippen molar-refractivity contribution in [3.63, 3.8) is 0 Å². The van der Waals surface area contributed by atoms with E-state index in [2.05, 4.69) is 22.6 Å². The fraction of sp³-hybridized carbons (Fsp3) is 0.800. The molecule has 0 aromatic heterocycles. The second kappa shape index (κ2) is 2.83. The molecule has 1 saturated heterocycles. The van der Waals surface area contributed by atoms with E-state index in [1.807, 2.05) is 0 Å². The smallest absolute Gasteiger partial charge is 0.308 e. The molecule has 1 rings (SSSR count). The van der Waals surface area contributed by atoms with E-state index in [4.69, 9.17) is 9.84 Å².